The molecule has 4 rings (SSSR count). The summed E-state index contributed by atoms with van der Waals surface area (Å²) in [5, 5.41) is 11.1. The Labute approximate surface area is 190 Å². The number of methoxy groups -OCH3 is 1. The van der Waals surface area contributed by atoms with Gasteiger partial charge in [0.25, 0.3) is 11.7 Å². The molecule has 0 aliphatic carbocycles. The Kier molecular flexibility index (Phi) is 5.80. The van der Waals surface area contributed by atoms with Crippen molar-refractivity contribution in [3.05, 3.63) is 99.5 Å². The summed E-state index contributed by atoms with van der Waals surface area (Å²) in [6.45, 7) is 0. The van der Waals surface area contributed by atoms with Gasteiger partial charge in [0.1, 0.15) is 23.1 Å². The van der Waals surface area contributed by atoms with E-state index in [1.165, 1.54) is 55.6 Å². The Balaban J connectivity index is 1.94. The van der Waals surface area contributed by atoms with Gasteiger partial charge in [-0.25, -0.2) is 8.78 Å². The minimum atomic E-state index is -1.08. The Bertz CT molecular complexity index is 1260. The van der Waals surface area contributed by atoms with E-state index >= 15 is 0 Å². The van der Waals surface area contributed by atoms with E-state index in [0.29, 0.717) is 15.8 Å². The van der Waals surface area contributed by atoms with Crippen LogP contribution in [0.25, 0.3) is 5.76 Å². The Morgan fingerprint density at radius 1 is 1.00 bits per heavy atom. The van der Waals surface area contributed by atoms with Crippen molar-refractivity contribution >= 4 is 39.1 Å². The van der Waals surface area contributed by atoms with Crippen LogP contribution in [0.4, 0.5) is 14.5 Å². The smallest absolute Gasteiger partial charge is 0.300 e. The van der Waals surface area contributed by atoms with Gasteiger partial charge in [-0.15, -0.1) is 0 Å². The number of aliphatic hydroxyl groups is 1. The fourth-order valence-corrected chi connectivity index (χ4v) is 4.20. The number of carbonyl (C=O) groups is 2. The lowest BCUT2D eigenvalue weighted by Gasteiger charge is -2.25. The van der Waals surface area contributed by atoms with Gasteiger partial charge in [-0.05, 0) is 70.0 Å². The van der Waals surface area contributed by atoms with Crippen molar-refractivity contribution in [3.8, 4) is 5.75 Å². The van der Waals surface area contributed by atoms with Gasteiger partial charge in [-0.1, -0.05) is 18.2 Å². The summed E-state index contributed by atoms with van der Waals surface area (Å²) in [5.74, 6) is -2.87. The molecule has 0 bridgehead atoms. The normalized spacial score (nSPS) is 17.6. The molecule has 3 aromatic carbocycles. The fraction of sp³-hybridized carbons (Fsp3) is 0.0833. The molecule has 1 unspecified atom stereocenters. The summed E-state index contributed by atoms with van der Waals surface area (Å²) in [7, 11) is 1.48. The van der Waals surface area contributed by atoms with Gasteiger partial charge in [0.05, 0.1) is 23.2 Å². The maximum atomic E-state index is 13.9. The first kappa shape index (κ1) is 21.7. The molecule has 3 aromatic rings. The molecule has 1 aliphatic rings. The molecule has 1 amide bonds. The standard InChI is InChI=1S/C24H16BrF2NO4/c1-32-19-10-7-14(11-18(19)25)22(29)20-21(13-5-8-15(26)9-6-13)28(24(31)23(20)30)17-4-2-3-16(27)12-17/h2-12,21,29H,1H3/b22-20+. The SMILES string of the molecule is COc1ccc(/C(O)=C2\C(=O)C(=O)N(c3cccc(F)c3)C2c2ccc(F)cc2)cc1Br. The van der Waals surface area contributed by atoms with E-state index in [0.717, 1.165) is 11.0 Å². The number of aliphatic hydroxyl groups excluding tert-OH is 1. The average molecular weight is 500 g/mol. The third-order valence-corrected chi connectivity index (χ3v) is 5.76. The third kappa shape index (κ3) is 3.78. The monoisotopic (exact) mass is 499 g/mol. The number of ether oxygens (including phenoxy) is 1. The van der Waals surface area contributed by atoms with Crippen molar-refractivity contribution in [3.63, 3.8) is 0 Å². The summed E-state index contributed by atoms with van der Waals surface area (Å²) in [6, 6.07) is 14.0. The van der Waals surface area contributed by atoms with E-state index in [2.05, 4.69) is 15.9 Å². The molecule has 32 heavy (non-hydrogen) atoms. The Morgan fingerprint density at radius 3 is 2.34 bits per heavy atom. The molecule has 0 radical (unpaired) electrons. The van der Waals surface area contributed by atoms with Crippen LogP contribution in [0.15, 0.2) is 76.8 Å². The lowest BCUT2D eigenvalue weighted by Crippen LogP contribution is -2.29. The van der Waals surface area contributed by atoms with Gasteiger partial charge < -0.3 is 9.84 Å². The number of hydrogen-bond acceptors (Lipinski definition) is 4. The second-order valence-electron chi connectivity index (χ2n) is 7.05. The lowest BCUT2D eigenvalue weighted by molar-refractivity contribution is -0.132. The van der Waals surface area contributed by atoms with Crippen molar-refractivity contribution < 1.29 is 28.2 Å². The van der Waals surface area contributed by atoms with Gasteiger partial charge in [0.15, 0.2) is 0 Å². The van der Waals surface area contributed by atoms with Crippen molar-refractivity contribution in [1.29, 1.82) is 0 Å². The predicted octanol–water partition coefficient (Wildman–Crippen LogP) is 5.36. The molecule has 1 saturated heterocycles. The van der Waals surface area contributed by atoms with Crippen LogP contribution in [-0.4, -0.2) is 23.9 Å². The molecule has 0 aromatic heterocycles. The van der Waals surface area contributed by atoms with Crippen LogP contribution >= 0.6 is 15.9 Å². The van der Waals surface area contributed by atoms with E-state index in [9.17, 15) is 23.5 Å². The first-order valence-corrected chi connectivity index (χ1v) is 10.3. The fourth-order valence-electron chi connectivity index (χ4n) is 3.65. The van der Waals surface area contributed by atoms with Gasteiger partial charge in [0, 0.05) is 11.3 Å². The highest BCUT2D eigenvalue weighted by molar-refractivity contribution is 9.10. The number of carbonyl (C=O) groups excluding carboxylic acids is 2. The molecule has 0 spiro atoms. The molecular formula is C24H16BrF2NO4. The van der Waals surface area contributed by atoms with Gasteiger partial charge in [-0.3, -0.25) is 14.5 Å². The number of ketones is 1. The maximum absolute atomic E-state index is 13.9. The van der Waals surface area contributed by atoms with E-state index in [4.69, 9.17) is 4.74 Å². The van der Waals surface area contributed by atoms with Crippen molar-refractivity contribution in [1.82, 2.24) is 0 Å². The minimum absolute atomic E-state index is 0.136. The quantitative estimate of drug-likeness (QED) is 0.298. The average Bonchev–Trinajstić information content (AvgIpc) is 3.04. The first-order valence-electron chi connectivity index (χ1n) is 9.47. The second-order valence-corrected chi connectivity index (χ2v) is 7.90. The molecule has 1 N–H and O–H groups in total. The molecule has 8 heteroatoms. The van der Waals surface area contributed by atoms with Crippen molar-refractivity contribution in [2.75, 3.05) is 12.0 Å². The number of anilines is 1. The van der Waals surface area contributed by atoms with Crippen LogP contribution in [0.3, 0.4) is 0 Å². The summed E-state index contributed by atoms with van der Waals surface area (Å²) in [6.07, 6.45) is 0. The second kappa shape index (κ2) is 8.55. The predicted molar refractivity (Wildman–Crippen MR) is 118 cm³/mol. The lowest BCUT2D eigenvalue weighted by atomic mass is 9.95. The van der Waals surface area contributed by atoms with E-state index in [-0.39, 0.29) is 16.8 Å². The summed E-state index contributed by atoms with van der Waals surface area (Å²) in [4.78, 5) is 27.1. The van der Waals surface area contributed by atoms with E-state index < -0.39 is 35.1 Å². The van der Waals surface area contributed by atoms with Gasteiger partial charge in [-0.2, -0.15) is 0 Å². The Hall–Kier alpha value is -3.52. The summed E-state index contributed by atoms with van der Waals surface area (Å²) in [5.41, 5.74) is 0.588. The zero-order chi connectivity index (χ0) is 23.0. The molecule has 0 saturated carbocycles. The number of rotatable bonds is 4. The van der Waals surface area contributed by atoms with Crippen LogP contribution in [0.5, 0.6) is 5.75 Å². The third-order valence-electron chi connectivity index (χ3n) is 5.14. The molecule has 1 atom stereocenters. The number of nitrogens with zero attached hydrogens (tertiary/aromatic N) is 1. The van der Waals surface area contributed by atoms with Gasteiger partial charge >= 0.3 is 0 Å². The number of halogens is 3. The summed E-state index contributed by atoms with van der Waals surface area (Å²) >= 11 is 3.33. The van der Waals surface area contributed by atoms with Crippen molar-refractivity contribution in [2.24, 2.45) is 0 Å². The molecule has 162 valence electrons. The molecule has 1 heterocycles. The van der Waals surface area contributed by atoms with Crippen LogP contribution in [0, 0.1) is 11.6 Å². The van der Waals surface area contributed by atoms with Gasteiger partial charge in [0.2, 0.25) is 0 Å². The highest BCUT2D eigenvalue weighted by Crippen LogP contribution is 2.42. The summed E-state index contributed by atoms with van der Waals surface area (Å²) < 4.78 is 33.2. The van der Waals surface area contributed by atoms with Crippen LogP contribution in [0.1, 0.15) is 17.2 Å². The maximum Gasteiger partial charge on any atom is 0.300 e. The van der Waals surface area contributed by atoms with Crippen LogP contribution in [-0.2, 0) is 9.59 Å². The zero-order valence-electron chi connectivity index (χ0n) is 16.7. The highest BCUT2D eigenvalue weighted by Gasteiger charge is 2.47. The molecule has 5 nitrogen and oxygen atoms in total. The van der Waals surface area contributed by atoms with E-state index in [1.54, 1.807) is 12.1 Å². The number of Topliss-reactive ketones (excluding diaryl/α,β-unsaturated/α-hetero) is 1. The molecule has 1 fully saturated rings. The molecular weight excluding hydrogens is 484 g/mol. The number of amides is 1. The largest absolute Gasteiger partial charge is 0.507 e. The van der Waals surface area contributed by atoms with Crippen molar-refractivity contribution in [2.45, 2.75) is 6.04 Å². The van der Waals surface area contributed by atoms with Crippen LogP contribution in [0.2, 0.25) is 0 Å². The first-order chi connectivity index (χ1) is 15.3. The van der Waals surface area contributed by atoms with Crippen LogP contribution < -0.4 is 9.64 Å². The number of benzene rings is 3. The highest BCUT2D eigenvalue weighted by atomic mass is 79.9. The van der Waals surface area contributed by atoms with E-state index in [1.807, 2.05) is 0 Å². The molecule has 1 aliphatic heterocycles. The minimum Gasteiger partial charge on any atom is -0.507 e. The topological polar surface area (TPSA) is 66.8 Å². The Morgan fingerprint density at radius 2 is 1.72 bits per heavy atom. The zero-order valence-corrected chi connectivity index (χ0v) is 18.3. The number of hydrogen-bond donors (Lipinski definition) is 1.